The second-order valence-corrected chi connectivity index (χ2v) is 12.8. The van der Waals surface area contributed by atoms with Gasteiger partial charge in [-0.2, -0.15) is 0 Å². The lowest BCUT2D eigenvalue weighted by atomic mass is 9.96. The van der Waals surface area contributed by atoms with E-state index in [0.29, 0.717) is 22.9 Å². The van der Waals surface area contributed by atoms with Crippen molar-refractivity contribution in [3.63, 3.8) is 0 Å². The molecule has 0 bridgehead atoms. The summed E-state index contributed by atoms with van der Waals surface area (Å²) in [5.74, 6) is 0.574. The third-order valence-corrected chi connectivity index (χ3v) is 9.24. The molecule has 38 heavy (non-hydrogen) atoms. The third kappa shape index (κ3) is 6.27. The molecule has 11 nitrogen and oxygen atoms in total. The van der Waals surface area contributed by atoms with Gasteiger partial charge >= 0.3 is 0 Å². The van der Waals surface area contributed by atoms with Crippen molar-refractivity contribution in [3.8, 4) is 10.7 Å². The predicted octanol–water partition coefficient (Wildman–Crippen LogP) is 3.10. The maximum Gasteiger partial charge on any atom is 0.291 e. The molecule has 208 valence electrons. The van der Waals surface area contributed by atoms with Crippen molar-refractivity contribution in [2.75, 3.05) is 38.6 Å². The summed E-state index contributed by atoms with van der Waals surface area (Å²) < 4.78 is 57.3. The van der Waals surface area contributed by atoms with Gasteiger partial charge < -0.3 is 14.9 Å². The van der Waals surface area contributed by atoms with Crippen LogP contribution in [0.2, 0.25) is 0 Å². The number of sulfonamides is 1. The molecule has 2 N–H and O–H groups in total. The molecule has 5 rings (SSSR count). The van der Waals surface area contributed by atoms with Crippen LogP contribution in [0.1, 0.15) is 44.0 Å². The molecular formula is C23H31F2N7O4S2. The highest BCUT2D eigenvalue weighted by atomic mass is 32.2. The van der Waals surface area contributed by atoms with Crippen LogP contribution in [0.5, 0.6) is 0 Å². The van der Waals surface area contributed by atoms with Gasteiger partial charge in [-0.15, -0.1) is 10.2 Å². The minimum absolute atomic E-state index is 0.112. The second kappa shape index (κ2) is 11.2. The van der Waals surface area contributed by atoms with E-state index in [-0.39, 0.29) is 21.4 Å². The largest absolute Gasteiger partial charge is 0.483 e. The molecule has 0 aromatic carbocycles. The van der Waals surface area contributed by atoms with Crippen LogP contribution in [0, 0.1) is 5.92 Å². The summed E-state index contributed by atoms with van der Waals surface area (Å²) in [6.45, 7) is 4.20. The van der Waals surface area contributed by atoms with E-state index in [2.05, 4.69) is 43.8 Å². The topological polar surface area (TPSA) is 133 Å². The normalized spacial score (nSPS) is 17.6. The van der Waals surface area contributed by atoms with Gasteiger partial charge in [-0.1, -0.05) is 11.3 Å². The van der Waals surface area contributed by atoms with Gasteiger partial charge in [0.1, 0.15) is 10.6 Å². The minimum atomic E-state index is -3.80. The molecule has 1 saturated heterocycles. The summed E-state index contributed by atoms with van der Waals surface area (Å²) in [6, 6.07) is 1.68. The van der Waals surface area contributed by atoms with Gasteiger partial charge in [-0.05, 0) is 58.7 Å². The zero-order valence-electron chi connectivity index (χ0n) is 21.3. The Morgan fingerprint density at radius 1 is 1.29 bits per heavy atom. The second-order valence-electron chi connectivity index (χ2n) is 10.1. The molecule has 4 heterocycles. The number of hydrogen-bond donors (Lipinski definition) is 2. The number of rotatable bonds is 8. The molecule has 3 aromatic rings. The highest BCUT2D eigenvalue weighted by Gasteiger charge is 2.41. The molecule has 1 aliphatic carbocycles. The number of fused-ring (bicyclic) bond motifs is 1. The summed E-state index contributed by atoms with van der Waals surface area (Å²) in [7, 11) is 0.328. The van der Waals surface area contributed by atoms with Gasteiger partial charge in [0.05, 0.1) is 11.9 Å². The summed E-state index contributed by atoms with van der Waals surface area (Å²) in [4.78, 5) is 17.4. The lowest BCUT2D eigenvalue weighted by molar-refractivity contribution is -0.122. The van der Waals surface area contributed by atoms with Crippen LogP contribution in [0.3, 0.4) is 0 Å². The number of piperidine rings is 1. The average molecular weight is 572 g/mol. The molecule has 2 aliphatic rings. The number of carbonyl (C=O) groups is 1. The van der Waals surface area contributed by atoms with Gasteiger partial charge in [0.2, 0.25) is 10.0 Å². The van der Waals surface area contributed by atoms with Crippen LogP contribution >= 0.6 is 11.3 Å². The molecule has 1 saturated carbocycles. The van der Waals surface area contributed by atoms with E-state index in [9.17, 15) is 17.2 Å². The molecule has 3 aromatic heterocycles. The Morgan fingerprint density at radius 2 is 1.95 bits per heavy atom. The molecule has 1 aliphatic heterocycles. The average Bonchev–Trinajstić information content (AvgIpc) is 3.23. The lowest BCUT2D eigenvalue weighted by Crippen LogP contribution is -2.38. The molecule has 0 unspecified atom stereocenters. The van der Waals surface area contributed by atoms with Crippen molar-refractivity contribution in [1.82, 2.24) is 29.2 Å². The fourth-order valence-electron chi connectivity index (χ4n) is 4.55. The monoisotopic (exact) mass is 571 g/mol. The van der Waals surface area contributed by atoms with Gasteiger partial charge in [0.25, 0.3) is 12.9 Å². The van der Waals surface area contributed by atoms with E-state index < -0.39 is 22.0 Å². The highest BCUT2D eigenvalue weighted by Crippen LogP contribution is 2.38. The Bertz CT molecular complexity index is 1380. The first kappa shape index (κ1) is 28.3. The third-order valence-electron chi connectivity index (χ3n) is 6.68. The lowest BCUT2D eigenvalue weighted by Gasteiger charge is -2.35. The number of nitrogens with one attached hydrogen (secondary N) is 1. The Morgan fingerprint density at radius 3 is 2.50 bits per heavy atom. The quantitative estimate of drug-likeness (QED) is 0.391. The zero-order valence-corrected chi connectivity index (χ0v) is 23.0. The SMILES string of the molecule is CN(C)CC1CCN(c2cc(S(=O)(=O)NC3(C)CC3)cn3c(-c4nnc(C(F)F)s4)cnc23)CC1.O=CO. The Hall–Kier alpha value is -2.75. The number of imidazole rings is 1. The molecular weight excluding hydrogens is 540 g/mol. The summed E-state index contributed by atoms with van der Waals surface area (Å²) >= 11 is 0.778. The Kier molecular flexibility index (Phi) is 8.30. The first-order valence-corrected chi connectivity index (χ1v) is 14.4. The van der Waals surface area contributed by atoms with E-state index in [4.69, 9.17) is 9.90 Å². The number of carboxylic acid groups (broad SMARTS) is 1. The standard InChI is InChI=1S/C22H29F2N7O2S2.CH2O2/c1-22(6-7-22)28-35(32,33)15-10-16(30-8-4-14(5-9-30)12-29(2)3)19-25-11-17(31(19)13-15)20-26-27-21(34-20)18(23)24;2-1-3/h10-11,13-14,18,28H,4-9,12H2,1-3H3;1H,(H,2,3). The number of aromatic nitrogens is 4. The van der Waals surface area contributed by atoms with E-state index in [1.54, 1.807) is 16.7 Å². The smallest absolute Gasteiger partial charge is 0.291 e. The van der Waals surface area contributed by atoms with E-state index >= 15 is 0 Å². The van der Waals surface area contributed by atoms with Crippen molar-refractivity contribution in [2.45, 2.75) is 49.5 Å². The van der Waals surface area contributed by atoms with Crippen molar-refractivity contribution < 1.29 is 27.1 Å². The number of anilines is 1. The number of halogens is 2. The number of hydrogen-bond acceptors (Lipinski definition) is 9. The first-order chi connectivity index (χ1) is 18.0. The van der Waals surface area contributed by atoms with Gasteiger partial charge in [-0.25, -0.2) is 26.9 Å². The van der Waals surface area contributed by atoms with Crippen LogP contribution in [0.15, 0.2) is 23.4 Å². The number of pyridine rings is 1. The first-order valence-electron chi connectivity index (χ1n) is 12.1. The predicted molar refractivity (Wildman–Crippen MR) is 139 cm³/mol. The fraction of sp³-hybridized carbons (Fsp3) is 0.565. The van der Waals surface area contributed by atoms with Gasteiger partial charge in [0, 0.05) is 31.4 Å². The van der Waals surface area contributed by atoms with Crippen LogP contribution in [0.4, 0.5) is 14.5 Å². The Labute approximate surface area is 223 Å². The molecule has 2 fully saturated rings. The van der Waals surface area contributed by atoms with Crippen molar-refractivity contribution >= 4 is 39.2 Å². The highest BCUT2D eigenvalue weighted by molar-refractivity contribution is 7.89. The van der Waals surface area contributed by atoms with Crippen LogP contribution in [-0.2, 0) is 14.8 Å². The molecule has 0 spiro atoms. The zero-order chi connectivity index (χ0) is 27.7. The van der Waals surface area contributed by atoms with E-state index in [0.717, 1.165) is 56.7 Å². The molecule has 15 heteroatoms. The van der Waals surface area contributed by atoms with Crippen LogP contribution in [-0.4, -0.2) is 83.7 Å². The van der Waals surface area contributed by atoms with Crippen LogP contribution < -0.4 is 9.62 Å². The van der Waals surface area contributed by atoms with Crippen molar-refractivity contribution in [3.05, 3.63) is 23.5 Å². The van der Waals surface area contributed by atoms with E-state index in [1.807, 2.05) is 6.92 Å². The van der Waals surface area contributed by atoms with Gasteiger partial charge in [0.15, 0.2) is 15.7 Å². The molecule has 0 amide bonds. The van der Waals surface area contributed by atoms with Crippen molar-refractivity contribution in [2.24, 2.45) is 5.92 Å². The number of alkyl halides is 2. The Balaban J connectivity index is 0.00000107. The summed E-state index contributed by atoms with van der Waals surface area (Å²) in [6.07, 6.45) is 3.87. The number of nitrogens with zero attached hydrogens (tertiary/aromatic N) is 6. The molecule has 0 atom stereocenters. The molecule has 0 radical (unpaired) electrons. The fourth-order valence-corrected chi connectivity index (χ4v) is 6.74. The van der Waals surface area contributed by atoms with Gasteiger partial charge in [-0.3, -0.25) is 9.20 Å². The summed E-state index contributed by atoms with van der Waals surface area (Å²) in [5.41, 5.74) is 1.28. The van der Waals surface area contributed by atoms with E-state index in [1.165, 1.54) is 6.20 Å². The maximum absolute atomic E-state index is 13.3. The summed E-state index contributed by atoms with van der Waals surface area (Å²) in [5, 5.41) is 14.3. The maximum atomic E-state index is 13.3. The van der Waals surface area contributed by atoms with Crippen molar-refractivity contribution in [1.29, 1.82) is 0 Å². The van der Waals surface area contributed by atoms with Crippen LogP contribution in [0.25, 0.3) is 16.3 Å². The minimum Gasteiger partial charge on any atom is -0.483 e.